The average molecular weight is 320 g/mol. The predicted octanol–water partition coefficient (Wildman–Crippen LogP) is 2.59. The van der Waals surface area contributed by atoms with Gasteiger partial charge in [0.1, 0.15) is 4.90 Å². The minimum absolute atomic E-state index is 0.143. The number of nitrogens with two attached hydrogens (primary N) is 1. The Morgan fingerprint density at radius 2 is 1.73 bits per heavy atom. The molecule has 0 spiro atoms. The molecule has 0 bridgehead atoms. The minimum Gasteiger partial charge on any atom is -0.399 e. The van der Waals surface area contributed by atoms with Crippen molar-refractivity contribution in [2.24, 2.45) is 0 Å². The Labute approximate surface area is 126 Å². The van der Waals surface area contributed by atoms with Crippen molar-refractivity contribution >= 4 is 33.6 Å². The van der Waals surface area contributed by atoms with Crippen molar-refractivity contribution in [2.75, 3.05) is 5.73 Å². The van der Waals surface area contributed by atoms with Gasteiger partial charge in [-0.2, -0.15) is 8.42 Å². The molecule has 0 aliphatic heterocycles. The molecular formula is C14H12N2O5S. The number of rotatable bonds is 4. The van der Waals surface area contributed by atoms with E-state index >= 15 is 0 Å². The van der Waals surface area contributed by atoms with Crippen molar-refractivity contribution in [3.63, 3.8) is 0 Å². The molecule has 2 aromatic rings. The molecule has 3 N–H and O–H groups in total. The van der Waals surface area contributed by atoms with Gasteiger partial charge in [-0.3, -0.25) is 14.7 Å². The summed E-state index contributed by atoms with van der Waals surface area (Å²) < 4.78 is 31.9. The van der Waals surface area contributed by atoms with E-state index in [1.54, 1.807) is 30.3 Å². The van der Waals surface area contributed by atoms with Gasteiger partial charge in [-0.1, -0.05) is 24.3 Å². The quantitative estimate of drug-likeness (QED) is 0.293. The third kappa shape index (κ3) is 3.68. The van der Waals surface area contributed by atoms with Gasteiger partial charge in [0.05, 0.1) is 4.92 Å². The molecule has 0 saturated heterocycles. The molecule has 0 aliphatic carbocycles. The Bertz CT molecular complexity index is 842. The van der Waals surface area contributed by atoms with Crippen molar-refractivity contribution in [3.8, 4) is 0 Å². The zero-order chi connectivity index (χ0) is 16.3. The largest absolute Gasteiger partial charge is 0.399 e. The van der Waals surface area contributed by atoms with Crippen LogP contribution in [0.25, 0.3) is 12.2 Å². The first-order valence-corrected chi connectivity index (χ1v) is 7.51. The summed E-state index contributed by atoms with van der Waals surface area (Å²) in [6.07, 6.45) is 3.05. The fourth-order valence-corrected chi connectivity index (χ4v) is 2.49. The lowest BCUT2D eigenvalue weighted by Gasteiger charge is -2.03. The van der Waals surface area contributed by atoms with Crippen LogP contribution in [0.4, 0.5) is 11.4 Å². The molecule has 0 heterocycles. The number of nitro groups is 1. The molecule has 7 nitrogen and oxygen atoms in total. The van der Waals surface area contributed by atoms with Crippen molar-refractivity contribution < 1.29 is 17.9 Å². The lowest BCUT2D eigenvalue weighted by molar-refractivity contribution is -0.385. The molecule has 2 rings (SSSR count). The molecule has 0 saturated carbocycles. The second-order valence-corrected chi connectivity index (χ2v) is 5.84. The highest BCUT2D eigenvalue weighted by molar-refractivity contribution is 7.86. The van der Waals surface area contributed by atoms with Gasteiger partial charge in [-0.25, -0.2) is 0 Å². The normalized spacial score (nSPS) is 11.7. The van der Waals surface area contributed by atoms with E-state index < -0.39 is 25.6 Å². The Kier molecular flexibility index (Phi) is 4.25. The minimum atomic E-state index is -4.58. The highest BCUT2D eigenvalue weighted by atomic mass is 32.2. The molecule has 0 fully saturated rings. The molecule has 0 unspecified atom stereocenters. The summed E-state index contributed by atoms with van der Waals surface area (Å²) in [4.78, 5) is 9.45. The SMILES string of the molecule is Nc1ccc(/C=C/c2ccc([N+](=O)[O-])cc2S(=O)(=O)O)cc1. The van der Waals surface area contributed by atoms with E-state index in [4.69, 9.17) is 5.73 Å². The van der Waals surface area contributed by atoms with Crippen LogP contribution in [0, 0.1) is 10.1 Å². The molecule has 0 aromatic heterocycles. The van der Waals surface area contributed by atoms with E-state index in [1.807, 2.05) is 0 Å². The molecule has 0 radical (unpaired) electrons. The number of non-ortho nitro benzene ring substituents is 1. The van der Waals surface area contributed by atoms with Crippen molar-refractivity contribution in [1.29, 1.82) is 0 Å². The molecule has 0 atom stereocenters. The van der Waals surface area contributed by atoms with Gasteiger partial charge in [-0.05, 0) is 29.3 Å². The van der Waals surface area contributed by atoms with Gasteiger partial charge in [0, 0.05) is 17.8 Å². The third-order valence-electron chi connectivity index (χ3n) is 2.88. The van der Waals surface area contributed by atoms with Crippen molar-refractivity contribution in [3.05, 3.63) is 63.7 Å². The first-order valence-electron chi connectivity index (χ1n) is 6.07. The van der Waals surface area contributed by atoms with Gasteiger partial charge in [-0.15, -0.1) is 0 Å². The van der Waals surface area contributed by atoms with Gasteiger partial charge in [0.15, 0.2) is 0 Å². The Morgan fingerprint density at radius 1 is 1.09 bits per heavy atom. The van der Waals surface area contributed by atoms with E-state index in [0.29, 0.717) is 5.69 Å². The van der Waals surface area contributed by atoms with Crippen LogP contribution in [0.5, 0.6) is 0 Å². The maximum Gasteiger partial charge on any atom is 0.295 e. The molecule has 22 heavy (non-hydrogen) atoms. The molecular weight excluding hydrogens is 308 g/mol. The van der Waals surface area contributed by atoms with Crippen molar-refractivity contribution in [1.82, 2.24) is 0 Å². The molecule has 0 amide bonds. The monoisotopic (exact) mass is 320 g/mol. The van der Waals surface area contributed by atoms with Crippen LogP contribution >= 0.6 is 0 Å². The number of nitro benzene ring substituents is 1. The van der Waals surface area contributed by atoms with Gasteiger partial charge in [0.25, 0.3) is 15.8 Å². The highest BCUT2D eigenvalue weighted by Gasteiger charge is 2.18. The van der Waals surface area contributed by atoms with Crippen LogP contribution in [0.2, 0.25) is 0 Å². The van der Waals surface area contributed by atoms with Crippen LogP contribution in [0.15, 0.2) is 47.4 Å². The maximum absolute atomic E-state index is 11.4. The number of anilines is 1. The lowest BCUT2D eigenvalue weighted by atomic mass is 10.1. The second kappa shape index (κ2) is 5.96. The van der Waals surface area contributed by atoms with Crippen LogP contribution in [-0.2, 0) is 10.1 Å². The number of nitrogen functional groups attached to an aromatic ring is 1. The Hall–Kier alpha value is -2.71. The summed E-state index contributed by atoms with van der Waals surface area (Å²) >= 11 is 0. The number of nitrogens with zero attached hydrogens (tertiary/aromatic N) is 1. The zero-order valence-corrected chi connectivity index (χ0v) is 12.0. The summed E-state index contributed by atoms with van der Waals surface area (Å²) in [5.41, 5.74) is 6.63. The number of hydrogen-bond donors (Lipinski definition) is 2. The Morgan fingerprint density at radius 3 is 2.27 bits per heavy atom. The van der Waals surface area contributed by atoms with Crippen LogP contribution in [0.1, 0.15) is 11.1 Å². The lowest BCUT2D eigenvalue weighted by Crippen LogP contribution is -2.02. The van der Waals surface area contributed by atoms with Gasteiger partial charge >= 0.3 is 0 Å². The van der Waals surface area contributed by atoms with Gasteiger partial charge < -0.3 is 5.73 Å². The van der Waals surface area contributed by atoms with E-state index in [9.17, 15) is 23.1 Å². The fourth-order valence-electron chi connectivity index (χ4n) is 1.79. The van der Waals surface area contributed by atoms with E-state index in [0.717, 1.165) is 17.7 Å². The van der Waals surface area contributed by atoms with E-state index in [1.165, 1.54) is 12.1 Å². The summed E-state index contributed by atoms with van der Waals surface area (Å²) in [7, 11) is -4.58. The second-order valence-electron chi connectivity index (χ2n) is 4.45. The number of benzene rings is 2. The third-order valence-corrected chi connectivity index (χ3v) is 3.79. The summed E-state index contributed by atoms with van der Waals surface area (Å²) in [6.45, 7) is 0. The van der Waals surface area contributed by atoms with Crippen molar-refractivity contribution in [2.45, 2.75) is 4.90 Å². The first-order chi connectivity index (χ1) is 10.3. The Balaban J connectivity index is 2.46. The first kappa shape index (κ1) is 15.7. The summed E-state index contributed by atoms with van der Waals surface area (Å²) in [6, 6.07) is 10.1. The average Bonchev–Trinajstić information content (AvgIpc) is 2.45. The summed E-state index contributed by atoms with van der Waals surface area (Å²) in [5, 5.41) is 10.7. The van der Waals surface area contributed by atoms with Crippen LogP contribution < -0.4 is 5.73 Å². The van der Waals surface area contributed by atoms with Gasteiger partial charge in [0.2, 0.25) is 0 Å². The maximum atomic E-state index is 11.4. The molecule has 114 valence electrons. The predicted molar refractivity (Wildman–Crippen MR) is 82.7 cm³/mol. The smallest absolute Gasteiger partial charge is 0.295 e. The zero-order valence-electron chi connectivity index (χ0n) is 11.2. The number of hydrogen-bond acceptors (Lipinski definition) is 5. The topological polar surface area (TPSA) is 124 Å². The standard InChI is InChI=1S/C14H12N2O5S/c15-12-6-2-10(3-7-12)1-4-11-5-8-13(16(17)18)9-14(11)22(19,20)21/h1-9H,15H2,(H,19,20,21)/b4-1+. The highest BCUT2D eigenvalue weighted by Crippen LogP contribution is 2.24. The molecule has 2 aromatic carbocycles. The van der Waals surface area contributed by atoms with E-state index in [2.05, 4.69) is 0 Å². The van der Waals surface area contributed by atoms with E-state index in [-0.39, 0.29) is 5.56 Å². The van der Waals surface area contributed by atoms with Crippen LogP contribution in [-0.4, -0.2) is 17.9 Å². The summed E-state index contributed by atoms with van der Waals surface area (Å²) in [5.74, 6) is 0. The fraction of sp³-hybridized carbons (Fsp3) is 0. The molecule has 0 aliphatic rings. The van der Waals surface area contributed by atoms with Crippen LogP contribution in [0.3, 0.4) is 0 Å². The molecule has 8 heteroatoms.